The highest BCUT2D eigenvalue weighted by Crippen LogP contribution is 2.40. The molecule has 1 aromatic carbocycles. The highest BCUT2D eigenvalue weighted by molar-refractivity contribution is 5.51. The van der Waals surface area contributed by atoms with Crippen LogP contribution in [0.1, 0.15) is 20.3 Å². The van der Waals surface area contributed by atoms with Gasteiger partial charge in [-0.15, -0.1) is 0 Å². The standard InChI is InChI=1S/C21H33NO10/c1-10-19(26)21(2,22)8-14(29-10)31-18-16(25)15(24)13(9-23)30-20(18)32-17-11(27-3)6-5-7-12(17)28-4/h5-7,10,13-16,18-20,23-26H,8-9,22H2,1-4H3/t10-,13+,14-,15+,16-,18+,19+,20-,21-/m0/s1. The molecule has 32 heavy (non-hydrogen) atoms. The molecule has 0 spiro atoms. The fourth-order valence-corrected chi connectivity index (χ4v) is 3.98. The third-order valence-corrected chi connectivity index (χ3v) is 5.84. The molecule has 2 saturated heterocycles. The fraction of sp³-hybridized carbons (Fsp3) is 0.714. The van der Waals surface area contributed by atoms with Gasteiger partial charge in [0.2, 0.25) is 12.0 Å². The molecule has 0 saturated carbocycles. The summed E-state index contributed by atoms with van der Waals surface area (Å²) < 4.78 is 34.0. The van der Waals surface area contributed by atoms with Gasteiger partial charge < -0.3 is 54.6 Å². The Morgan fingerprint density at radius 1 is 1.09 bits per heavy atom. The summed E-state index contributed by atoms with van der Waals surface area (Å²) in [5.41, 5.74) is 5.19. The van der Waals surface area contributed by atoms with E-state index in [1.807, 2.05) is 0 Å². The summed E-state index contributed by atoms with van der Waals surface area (Å²) in [7, 11) is 2.91. The number of hydrogen-bond acceptors (Lipinski definition) is 11. The van der Waals surface area contributed by atoms with Crippen molar-refractivity contribution in [1.29, 1.82) is 0 Å². The number of para-hydroxylation sites is 1. The van der Waals surface area contributed by atoms with Crippen LogP contribution in [0, 0.1) is 0 Å². The molecule has 11 nitrogen and oxygen atoms in total. The van der Waals surface area contributed by atoms with Crippen molar-refractivity contribution >= 4 is 0 Å². The first-order valence-corrected chi connectivity index (χ1v) is 10.4. The molecule has 0 radical (unpaired) electrons. The second-order valence-electron chi connectivity index (χ2n) is 8.34. The SMILES string of the molecule is COc1cccc(OC)c1O[C@@H]1O[C@H](CO)[C@@H](O)[C@H](O)[C@H]1O[C@H]1C[C@](C)(N)[C@H](O)[C@H](C)O1. The van der Waals surface area contributed by atoms with Crippen LogP contribution in [0.4, 0.5) is 0 Å². The van der Waals surface area contributed by atoms with Crippen molar-refractivity contribution in [1.82, 2.24) is 0 Å². The van der Waals surface area contributed by atoms with E-state index in [9.17, 15) is 20.4 Å². The van der Waals surface area contributed by atoms with Crippen LogP contribution in [-0.4, -0.2) is 96.0 Å². The van der Waals surface area contributed by atoms with E-state index in [2.05, 4.69) is 0 Å². The zero-order valence-corrected chi connectivity index (χ0v) is 18.6. The molecule has 0 amide bonds. The maximum atomic E-state index is 10.8. The lowest BCUT2D eigenvalue weighted by Crippen LogP contribution is -2.64. The van der Waals surface area contributed by atoms with Gasteiger partial charge in [0.1, 0.15) is 18.3 Å². The highest BCUT2D eigenvalue weighted by Gasteiger charge is 2.50. The molecule has 2 heterocycles. The number of hydrogen-bond donors (Lipinski definition) is 5. The maximum absolute atomic E-state index is 10.8. The molecule has 6 N–H and O–H groups in total. The Kier molecular flexibility index (Phi) is 7.84. The lowest BCUT2D eigenvalue weighted by molar-refractivity contribution is -0.333. The average Bonchev–Trinajstić information content (AvgIpc) is 2.76. The normalized spacial score (nSPS) is 40.0. The molecular formula is C21H33NO10. The number of aliphatic hydroxyl groups is 4. The number of rotatable bonds is 7. The quantitative estimate of drug-likeness (QED) is 0.344. The Bertz CT molecular complexity index is 740. The van der Waals surface area contributed by atoms with Gasteiger partial charge in [-0.2, -0.15) is 0 Å². The zero-order chi connectivity index (χ0) is 23.6. The van der Waals surface area contributed by atoms with Gasteiger partial charge in [-0.05, 0) is 26.0 Å². The van der Waals surface area contributed by atoms with Crippen molar-refractivity contribution in [2.24, 2.45) is 5.73 Å². The number of nitrogens with two attached hydrogens (primary N) is 1. The lowest BCUT2D eigenvalue weighted by atomic mass is 9.86. The fourth-order valence-electron chi connectivity index (χ4n) is 3.98. The van der Waals surface area contributed by atoms with Crippen LogP contribution < -0.4 is 19.9 Å². The molecule has 0 aliphatic carbocycles. The van der Waals surface area contributed by atoms with Crippen molar-refractivity contribution in [2.45, 2.75) is 75.0 Å². The predicted octanol–water partition coefficient (Wildman–Crippen LogP) is -0.880. The van der Waals surface area contributed by atoms with E-state index in [0.29, 0.717) is 11.5 Å². The summed E-state index contributed by atoms with van der Waals surface area (Å²) >= 11 is 0. The monoisotopic (exact) mass is 459 g/mol. The minimum atomic E-state index is -1.48. The van der Waals surface area contributed by atoms with Crippen LogP contribution in [0.3, 0.4) is 0 Å². The first kappa shape index (κ1) is 24.9. The summed E-state index contributed by atoms with van der Waals surface area (Å²) in [6, 6.07) is 5.01. The largest absolute Gasteiger partial charge is 0.493 e. The number of aliphatic hydroxyl groups excluding tert-OH is 4. The summed E-state index contributed by atoms with van der Waals surface area (Å²) in [5.74, 6) is 0.870. The summed E-state index contributed by atoms with van der Waals surface area (Å²) in [4.78, 5) is 0. The van der Waals surface area contributed by atoms with Gasteiger partial charge in [0.15, 0.2) is 23.9 Å². The van der Waals surface area contributed by atoms with E-state index in [-0.39, 0.29) is 12.2 Å². The van der Waals surface area contributed by atoms with E-state index < -0.39 is 61.3 Å². The molecule has 2 fully saturated rings. The first-order chi connectivity index (χ1) is 15.1. The molecule has 9 atom stereocenters. The van der Waals surface area contributed by atoms with Crippen LogP contribution in [-0.2, 0) is 14.2 Å². The van der Waals surface area contributed by atoms with E-state index in [1.165, 1.54) is 14.2 Å². The van der Waals surface area contributed by atoms with Crippen molar-refractivity contribution in [2.75, 3.05) is 20.8 Å². The Balaban J connectivity index is 1.88. The van der Waals surface area contributed by atoms with Gasteiger partial charge in [-0.1, -0.05) is 6.07 Å². The van der Waals surface area contributed by atoms with Crippen molar-refractivity contribution in [3.05, 3.63) is 18.2 Å². The van der Waals surface area contributed by atoms with Crippen LogP contribution in [0.2, 0.25) is 0 Å². The van der Waals surface area contributed by atoms with E-state index >= 15 is 0 Å². The topological polar surface area (TPSA) is 162 Å². The van der Waals surface area contributed by atoms with Gasteiger partial charge in [0.05, 0.1) is 33.0 Å². The second kappa shape index (κ2) is 10.1. The van der Waals surface area contributed by atoms with Crippen LogP contribution >= 0.6 is 0 Å². The molecule has 182 valence electrons. The number of benzene rings is 1. The van der Waals surface area contributed by atoms with Crippen molar-refractivity contribution in [3.63, 3.8) is 0 Å². The molecule has 2 aliphatic heterocycles. The van der Waals surface area contributed by atoms with Gasteiger partial charge in [0, 0.05) is 12.0 Å². The summed E-state index contributed by atoms with van der Waals surface area (Å²) in [5, 5.41) is 41.0. The third kappa shape index (κ3) is 4.95. The highest BCUT2D eigenvalue weighted by atomic mass is 16.8. The number of ether oxygens (including phenoxy) is 6. The molecule has 3 rings (SSSR count). The zero-order valence-electron chi connectivity index (χ0n) is 18.6. The Labute approximate surface area is 186 Å². The van der Waals surface area contributed by atoms with Gasteiger partial charge in [0.25, 0.3) is 0 Å². The van der Waals surface area contributed by atoms with Crippen molar-refractivity contribution < 1.29 is 48.8 Å². The number of methoxy groups -OCH3 is 2. The molecule has 0 unspecified atom stereocenters. The van der Waals surface area contributed by atoms with Crippen LogP contribution in [0.15, 0.2) is 18.2 Å². The maximum Gasteiger partial charge on any atom is 0.230 e. The predicted molar refractivity (Wildman–Crippen MR) is 110 cm³/mol. The van der Waals surface area contributed by atoms with Crippen LogP contribution in [0.5, 0.6) is 17.2 Å². The van der Waals surface area contributed by atoms with E-state index in [0.717, 1.165) is 0 Å². The smallest absolute Gasteiger partial charge is 0.230 e. The summed E-state index contributed by atoms with van der Waals surface area (Å²) in [6.45, 7) is 2.77. The van der Waals surface area contributed by atoms with Crippen LogP contribution in [0.25, 0.3) is 0 Å². The van der Waals surface area contributed by atoms with Gasteiger partial charge >= 0.3 is 0 Å². The molecular weight excluding hydrogens is 426 g/mol. The molecule has 0 aromatic heterocycles. The lowest BCUT2D eigenvalue weighted by Gasteiger charge is -2.47. The van der Waals surface area contributed by atoms with E-state index in [1.54, 1.807) is 32.0 Å². The molecule has 11 heteroatoms. The van der Waals surface area contributed by atoms with Gasteiger partial charge in [-0.3, -0.25) is 0 Å². The minimum absolute atomic E-state index is 0.117. The third-order valence-electron chi connectivity index (χ3n) is 5.84. The second-order valence-corrected chi connectivity index (χ2v) is 8.34. The Morgan fingerprint density at radius 2 is 1.72 bits per heavy atom. The minimum Gasteiger partial charge on any atom is -0.493 e. The molecule has 1 aromatic rings. The molecule has 2 aliphatic rings. The Hall–Kier alpha value is -1.70. The first-order valence-electron chi connectivity index (χ1n) is 10.4. The van der Waals surface area contributed by atoms with Gasteiger partial charge in [-0.25, -0.2) is 0 Å². The summed E-state index contributed by atoms with van der Waals surface area (Å²) in [6.07, 6.45) is -8.90. The Morgan fingerprint density at radius 3 is 2.25 bits per heavy atom. The van der Waals surface area contributed by atoms with Crippen molar-refractivity contribution in [3.8, 4) is 17.2 Å². The molecule has 0 bridgehead atoms. The van der Waals surface area contributed by atoms with E-state index in [4.69, 9.17) is 34.2 Å². The average molecular weight is 459 g/mol.